The lowest BCUT2D eigenvalue weighted by Crippen LogP contribution is -2.65. The van der Waals surface area contributed by atoms with Crippen molar-refractivity contribution in [3.8, 4) is 0 Å². The first-order chi connectivity index (χ1) is 7.56. The zero-order valence-corrected chi connectivity index (χ0v) is 8.85. The van der Waals surface area contributed by atoms with Crippen molar-refractivity contribution >= 4 is 0 Å². The van der Waals surface area contributed by atoms with E-state index in [4.69, 9.17) is 15.3 Å². The van der Waals surface area contributed by atoms with Crippen molar-refractivity contribution in [3.05, 3.63) is 0 Å². The zero-order chi connectivity index (χ0) is 12.3. The van der Waals surface area contributed by atoms with E-state index in [0.29, 0.717) is 0 Å². The number of rotatable bonds is 4. The van der Waals surface area contributed by atoms with Crippen LogP contribution in [0.4, 0.5) is 0 Å². The second kappa shape index (κ2) is 5.87. The number of piperidine rings is 1. The summed E-state index contributed by atoms with van der Waals surface area (Å²) in [5.74, 6) is 0. The first kappa shape index (κ1) is 13.8. The molecule has 0 aromatic rings. The molecule has 1 aliphatic rings. The smallest absolute Gasteiger partial charge is 0.109 e. The van der Waals surface area contributed by atoms with E-state index in [9.17, 15) is 15.3 Å². The largest absolute Gasteiger partial charge is 0.395 e. The van der Waals surface area contributed by atoms with E-state index < -0.39 is 37.0 Å². The second-order valence-electron chi connectivity index (χ2n) is 4.01. The Kier molecular flexibility index (Phi) is 5.06. The number of likely N-dealkylation sites (tertiary alicyclic amines) is 1. The number of aliphatic hydroxyl groups excluding tert-OH is 6. The van der Waals surface area contributed by atoms with Crippen LogP contribution in [-0.4, -0.2) is 92.3 Å². The van der Waals surface area contributed by atoms with Crippen LogP contribution in [0.15, 0.2) is 0 Å². The molecule has 1 fully saturated rings. The lowest BCUT2D eigenvalue weighted by molar-refractivity contribution is -0.160. The third-order valence-electron chi connectivity index (χ3n) is 3.04. The number of nitrogens with zero attached hydrogens (tertiary/aromatic N) is 1. The third-order valence-corrected chi connectivity index (χ3v) is 3.04. The fourth-order valence-electron chi connectivity index (χ4n) is 2.01. The maximum absolute atomic E-state index is 9.64. The van der Waals surface area contributed by atoms with Crippen molar-refractivity contribution in [3.63, 3.8) is 0 Å². The molecule has 0 amide bonds. The SMILES string of the molecule is OCC(CO)N1C[C@@H](O)[C@@H](O)[C@H](O)[C@H]1CO. The molecule has 0 aromatic heterocycles. The summed E-state index contributed by atoms with van der Waals surface area (Å²) >= 11 is 0. The fraction of sp³-hybridized carbons (Fsp3) is 1.00. The van der Waals surface area contributed by atoms with E-state index in [2.05, 4.69) is 0 Å². The van der Waals surface area contributed by atoms with Gasteiger partial charge in [-0.05, 0) is 0 Å². The number of hydrogen-bond donors (Lipinski definition) is 6. The predicted octanol–water partition coefficient (Wildman–Crippen LogP) is -3.90. The summed E-state index contributed by atoms with van der Waals surface area (Å²) in [6.07, 6.45) is -3.81. The molecule has 6 N–H and O–H groups in total. The third kappa shape index (κ3) is 2.51. The van der Waals surface area contributed by atoms with E-state index in [1.807, 2.05) is 0 Å². The van der Waals surface area contributed by atoms with E-state index in [-0.39, 0.29) is 19.8 Å². The lowest BCUT2D eigenvalue weighted by Gasteiger charge is -2.45. The van der Waals surface area contributed by atoms with Gasteiger partial charge >= 0.3 is 0 Å². The first-order valence-electron chi connectivity index (χ1n) is 5.19. The van der Waals surface area contributed by atoms with Gasteiger partial charge in [-0.25, -0.2) is 0 Å². The van der Waals surface area contributed by atoms with Gasteiger partial charge < -0.3 is 30.6 Å². The normalized spacial score (nSPS) is 36.9. The minimum Gasteiger partial charge on any atom is -0.395 e. The summed E-state index contributed by atoms with van der Waals surface area (Å²) in [6, 6.07) is -1.48. The molecule has 1 rings (SSSR count). The summed E-state index contributed by atoms with van der Waals surface area (Å²) < 4.78 is 0. The summed E-state index contributed by atoms with van der Waals surface area (Å²) in [5, 5.41) is 55.7. The van der Waals surface area contributed by atoms with E-state index in [0.717, 1.165) is 0 Å². The molecule has 1 aliphatic heterocycles. The Hall–Kier alpha value is -0.280. The highest BCUT2D eigenvalue weighted by molar-refractivity contribution is 4.96. The van der Waals surface area contributed by atoms with Gasteiger partial charge in [0.2, 0.25) is 0 Å². The Morgan fingerprint density at radius 1 is 1.00 bits per heavy atom. The lowest BCUT2D eigenvalue weighted by atomic mass is 9.93. The fourth-order valence-corrected chi connectivity index (χ4v) is 2.01. The molecule has 7 heteroatoms. The summed E-state index contributed by atoms with van der Waals surface area (Å²) in [5.41, 5.74) is 0. The van der Waals surface area contributed by atoms with Crippen LogP contribution in [-0.2, 0) is 0 Å². The Bertz CT molecular complexity index is 212. The maximum atomic E-state index is 9.64. The Balaban J connectivity index is 2.81. The van der Waals surface area contributed by atoms with Crippen LogP contribution in [0.25, 0.3) is 0 Å². The molecule has 4 atom stereocenters. The quantitative estimate of drug-likeness (QED) is 0.295. The standard InChI is InChI=1S/C9H19NO6/c11-2-5(3-12)10-1-7(14)9(16)8(15)6(10)4-13/h5-9,11-16H,1-4H2/t6-,7-,8-,9-/m1/s1. The molecular formula is C9H19NO6. The Labute approximate surface area is 93.2 Å². The first-order valence-corrected chi connectivity index (χ1v) is 5.19. The summed E-state index contributed by atoms with van der Waals surface area (Å²) in [7, 11) is 0. The highest BCUT2D eigenvalue weighted by Crippen LogP contribution is 2.21. The molecule has 0 radical (unpaired) electrons. The zero-order valence-electron chi connectivity index (χ0n) is 8.85. The van der Waals surface area contributed by atoms with Gasteiger partial charge in [-0.15, -0.1) is 0 Å². The average molecular weight is 237 g/mol. The minimum atomic E-state index is -1.33. The molecular weight excluding hydrogens is 218 g/mol. The van der Waals surface area contributed by atoms with Crippen LogP contribution >= 0.6 is 0 Å². The van der Waals surface area contributed by atoms with E-state index >= 15 is 0 Å². The topological polar surface area (TPSA) is 125 Å². The van der Waals surface area contributed by atoms with Crippen molar-refractivity contribution in [1.29, 1.82) is 0 Å². The van der Waals surface area contributed by atoms with Crippen molar-refractivity contribution in [2.24, 2.45) is 0 Å². The van der Waals surface area contributed by atoms with Crippen molar-refractivity contribution in [2.75, 3.05) is 26.4 Å². The average Bonchev–Trinajstić information content (AvgIpc) is 2.28. The van der Waals surface area contributed by atoms with Crippen molar-refractivity contribution in [1.82, 2.24) is 4.90 Å². The summed E-state index contributed by atoms with van der Waals surface area (Å²) in [4.78, 5) is 1.40. The highest BCUT2D eigenvalue weighted by atomic mass is 16.4. The molecule has 0 spiro atoms. The maximum Gasteiger partial charge on any atom is 0.109 e. The number of β-amino-alcohol motifs (C(OH)–C–C–N with tert-alkyl or cyclic N) is 1. The predicted molar refractivity (Wildman–Crippen MR) is 53.6 cm³/mol. The molecule has 96 valence electrons. The van der Waals surface area contributed by atoms with Crippen LogP contribution in [0.2, 0.25) is 0 Å². The van der Waals surface area contributed by atoms with Crippen LogP contribution in [0, 0.1) is 0 Å². The van der Waals surface area contributed by atoms with Gasteiger partial charge in [0, 0.05) is 6.54 Å². The van der Waals surface area contributed by atoms with E-state index in [1.54, 1.807) is 0 Å². The summed E-state index contributed by atoms with van der Waals surface area (Å²) in [6.45, 7) is -1.16. The van der Waals surface area contributed by atoms with Gasteiger partial charge in [0.15, 0.2) is 0 Å². The van der Waals surface area contributed by atoms with Crippen molar-refractivity contribution < 1.29 is 30.6 Å². The van der Waals surface area contributed by atoms with E-state index in [1.165, 1.54) is 4.90 Å². The molecule has 0 saturated carbocycles. The molecule has 0 aromatic carbocycles. The van der Waals surface area contributed by atoms with Gasteiger partial charge in [-0.3, -0.25) is 4.90 Å². The van der Waals surface area contributed by atoms with Gasteiger partial charge in [0.05, 0.1) is 38.0 Å². The van der Waals surface area contributed by atoms with Crippen LogP contribution in [0.5, 0.6) is 0 Å². The van der Waals surface area contributed by atoms with Crippen LogP contribution in [0.1, 0.15) is 0 Å². The van der Waals surface area contributed by atoms with Gasteiger partial charge in [-0.2, -0.15) is 0 Å². The molecule has 7 nitrogen and oxygen atoms in total. The monoisotopic (exact) mass is 237 g/mol. The van der Waals surface area contributed by atoms with Gasteiger partial charge in [0.25, 0.3) is 0 Å². The molecule has 16 heavy (non-hydrogen) atoms. The second-order valence-corrected chi connectivity index (χ2v) is 4.01. The molecule has 1 heterocycles. The van der Waals surface area contributed by atoms with Crippen molar-refractivity contribution in [2.45, 2.75) is 30.4 Å². The van der Waals surface area contributed by atoms with Gasteiger partial charge in [-0.1, -0.05) is 0 Å². The molecule has 0 aliphatic carbocycles. The number of aliphatic hydroxyl groups is 6. The molecule has 0 bridgehead atoms. The highest BCUT2D eigenvalue weighted by Gasteiger charge is 2.43. The van der Waals surface area contributed by atoms with Crippen LogP contribution in [0.3, 0.4) is 0 Å². The molecule has 0 unspecified atom stereocenters. The number of hydrogen-bond acceptors (Lipinski definition) is 7. The van der Waals surface area contributed by atoms with Crippen LogP contribution < -0.4 is 0 Å². The molecule has 1 saturated heterocycles. The Morgan fingerprint density at radius 3 is 2.00 bits per heavy atom. The van der Waals surface area contributed by atoms with Gasteiger partial charge in [0.1, 0.15) is 12.2 Å². The Morgan fingerprint density at radius 2 is 1.56 bits per heavy atom. The minimum absolute atomic E-state index is 0.0186.